The quantitative estimate of drug-likeness (QED) is 0.256. The molecule has 2 aliphatic carbocycles. The first-order valence-corrected chi connectivity index (χ1v) is 10.2. The van der Waals surface area contributed by atoms with Crippen LogP contribution in [0.2, 0.25) is 0 Å². The molecule has 3 rings (SSSR count). The van der Waals surface area contributed by atoms with Gasteiger partial charge >= 0.3 is 12.2 Å². The first-order chi connectivity index (χ1) is 14.6. The molecule has 1 aliphatic heterocycles. The van der Waals surface area contributed by atoms with Crippen LogP contribution >= 0.6 is 0 Å². The number of amides is 3. The normalized spacial score (nSPS) is 24.7. The van der Waals surface area contributed by atoms with Crippen molar-refractivity contribution >= 4 is 24.1 Å². The minimum atomic E-state index is -1.15. The molecule has 0 bridgehead atoms. The van der Waals surface area contributed by atoms with E-state index >= 15 is 0 Å². The van der Waals surface area contributed by atoms with E-state index < -0.39 is 24.1 Å². The van der Waals surface area contributed by atoms with E-state index in [9.17, 15) is 19.2 Å². The maximum absolute atomic E-state index is 11.8. The van der Waals surface area contributed by atoms with E-state index in [-0.39, 0.29) is 39.2 Å². The average molecular weight is 422 g/mol. The molecule has 1 saturated heterocycles. The fraction of sp³-hybridized carbons (Fsp3) is 0.700. The van der Waals surface area contributed by atoms with Gasteiger partial charge in [0.2, 0.25) is 0 Å². The second-order valence-electron chi connectivity index (χ2n) is 7.33. The Kier molecular flexibility index (Phi) is 7.90. The van der Waals surface area contributed by atoms with E-state index in [0.29, 0.717) is 29.4 Å². The monoisotopic (exact) mass is 422 g/mol. The number of carbonyl (C=O) groups is 4. The highest BCUT2D eigenvalue weighted by molar-refractivity contribution is 6.01. The predicted molar refractivity (Wildman–Crippen MR) is 100 cm³/mol. The molecule has 1 N–H and O–H groups in total. The summed E-state index contributed by atoms with van der Waals surface area (Å²) in [5.41, 5.74) is 0. The third kappa shape index (κ3) is 6.35. The molecule has 0 aromatic heterocycles. The van der Waals surface area contributed by atoms with Crippen LogP contribution in [0.1, 0.15) is 38.5 Å². The molecule has 164 valence electrons. The average Bonchev–Trinajstić information content (AvgIpc) is 3.25. The van der Waals surface area contributed by atoms with Crippen LogP contribution < -0.4 is 5.32 Å². The van der Waals surface area contributed by atoms with Gasteiger partial charge in [0.25, 0.3) is 11.8 Å². The van der Waals surface area contributed by atoms with Crippen molar-refractivity contribution in [3.05, 3.63) is 0 Å². The van der Waals surface area contributed by atoms with Crippen molar-refractivity contribution in [3.8, 4) is 11.8 Å². The molecule has 30 heavy (non-hydrogen) atoms. The Labute approximate surface area is 174 Å². The third-order valence-corrected chi connectivity index (χ3v) is 5.38. The Bertz CT molecular complexity index is 694. The fourth-order valence-corrected chi connectivity index (χ4v) is 3.78. The molecule has 0 spiro atoms. The number of nitrogens with zero attached hydrogens (tertiary/aromatic N) is 1. The Morgan fingerprint density at radius 2 is 1.63 bits per heavy atom. The summed E-state index contributed by atoms with van der Waals surface area (Å²) in [5.74, 6) is 6.86. The standard InChI is InChI=1S/C20H26N2O8/c23-17-7-8-18(24)22(17)30-20(26)28-12-11-27-10-9-21-19(25)29-13-16-14-5-3-1-2-4-6-15(14)16/h14-16H,3-13H2,(H,21,25)/t14-,15+,16?. The van der Waals surface area contributed by atoms with E-state index in [1.807, 2.05) is 0 Å². The molecule has 1 heterocycles. The van der Waals surface area contributed by atoms with Crippen molar-refractivity contribution in [2.24, 2.45) is 17.8 Å². The Morgan fingerprint density at radius 3 is 2.30 bits per heavy atom. The smallest absolute Gasteiger partial charge is 0.449 e. The van der Waals surface area contributed by atoms with Gasteiger partial charge in [-0.25, -0.2) is 9.59 Å². The summed E-state index contributed by atoms with van der Waals surface area (Å²) in [6, 6.07) is 0. The van der Waals surface area contributed by atoms with Gasteiger partial charge in [-0.05, 0) is 30.6 Å². The number of imide groups is 1. The van der Waals surface area contributed by atoms with E-state index in [1.54, 1.807) is 0 Å². The maximum atomic E-state index is 11.8. The highest BCUT2D eigenvalue weighted by Gasteiger charge is 2.49. The summed E-state index contributed by atoms with van der Waals surface area (Å²) in [7, 11) is 0. The summed E-state index contributed by atoms with van der Waals surface area (Å²) >= 11 is 0. The Hall–Kier alpha value is -2.80. The molecule has 1 saturated carbocycles. The zero-order valence-electron chi connectivity index (χ0n) is 16.7. The highest BCUT2D eigenvalue weighted by Crippen LogP contribution is 2.52. The van der Waals surface area contributed by atoms with Gasteiger partial charge in [-0.3, -0.25) is 14.4 Å². The lowest BCUT2D eigenvalue weighted by Crippen LogP contribution is -2.32. The van der Waals surface area contributed by atoms with Crippen molar-refractivity contribution in [2.45, 2.75) is 38.5 Å². The minimum Gasteiger partial charge on any atom is -0.449 e. The van der Waals surface area contributed by atoms with E-state index in [4.69, 9.17) is 14.2 Å². The van der Waals surface area contributed by atoms with Crippen LogP contribution in [0.5, 0.6) is 0 Å². The van der Waals surface area contributed by atoms with E-state index in [0.717, 1.165) is 25.7 Å². The topological polar surface area (TPSA) is 120 Å². The summed E-state index contributed by atoms with van der Waals surface area (Å²) in [6.45, 7) is 0.850. The molecular formula is C20H26N2O8. The predicted octanol–water partition coefficient (Wildman–Crippen LogP) is 1.39. The number of nitrogens with one attached hydrogen (secondary N) is 1. The van der Waals surface area contributed by atoms with Crippen LogP contribution in [0, 0.1) is 29.6 Å². The number of hydrogen-bond acceptors (Lipinski definition) is 8. The van der Waals surface area contributed by atoms with Crippen LogP contribution in [0.25, 0.3) is 0 Å². The molecule has 3 aliphatic rings. The Morgan fingerprint density at radius 1 is 0.967 bits per heavy atom. The fourth-order valence-electron chi connectivity index (χ4n) is 3.78. The molecule has 2 fully saturated rings. The summed E-state index contributed by atoms with van der Waals surface area (Å²) in [6.07, 6.45) is 2.43. The lowest BCUT2D eigenvalue weighted by atomic mass is 10.1. The zero-order chi connectivity index (χ0) is 21.3. The van der Waals surface area contributed by atoms with Gasteiger partial charge in [0.15, 0.2) is 0 Å². The number of ether oxygens (including phenoxy) is 3. The second-order valence-corrected chi connectivity index (χ2v) is 7.33. The molecular weight excluding hydrogens is 396 g/mol. The van der Waals surface area contributed by atoms with Gasteiger partial charge in [0.05, 0.1) is 19.8 Å². The number of fused-ring (bicyclic) bond motifs is 1. The van der Waals surface area contributed by atoms with Gasteiger partial charge in [-0.15, -0.1) is 11.8 Å². The largest absolute Gasteiger partial charge is 0.534 e. The molecule has 0 radical (unpaired) electrons. The highest BCUT2D eigenvalue weighted by atomic mass is 16.8. The number of hydrogen-bond donors (Lipinski definition) is 1. The van der Waals surface area contributed by atoms with Crippen LogP contribution in [0.4, 0.5) is 9.59 Å². The SMILES string of the molecule is O=C(NCCOCCOC(=O)ON1C(=O)CCC1=O)OCC1[C@H]2CCC#CCC[C@@H]12. The van der Waals surface area contributed by atoms with Crippen LogP contribution in [-0.2, 0) is 28.6 Å². The molecule has 0 aromatic rings. The Balaban J connectivity index is 1.15. The lowest BCUT2D eigenvalue weighted by Gasteiger charge is -2.12. The van der Waals surface area contributed by atoms with Crippen molar-refractivity contribution in [2.75, 3.05) is 33.0 Å². The van der Waals surface area contributed by atoms with Crippen molar-refractivity contribution in [3.63, 3.8) is 0 Å². The van der Waals surface area contributed by atoms with Gasteiger partial charge < -0.3 is 19.5 Å². The van der Waals surface area contributed by atoms with Gasteiger partial charge in [0, 0.05) is 32.2 Å². The summed E-state index contributed by atoms with van der Waals surface area (Å²) in [5, 5.41) is 3.01. The minimum absolute atomic E-state index is 0.0153. The van der Waals surface area contributed by atoms with Crippen LogP contribution in [0.15, 0.2) is 0 Å². The molecule has 10 heteroatoms. The lowest BCUT2D eigenvalue weighted by molar-refractivity contribution is -0.177. The number of rotatable bonds is 9. The van der Waals surface area contributed by atoms with Crippen LogP contribution in [0.3, 0.4) is 0 Å². The number of hydroxylamine groups is 2. The van der Waals surface area contributed by atoms with Gasteiger partial charge in [-0.2, -0.15) is 0 Å². The number of alkyl carbamates (subject to hydrolysis) is 1. The van der Waals surface area contributed by atoms with Crippen LogP contribution in [-0.4, -0.2) is 62.1 Å². The molecule has 0 aromatic carbocycles. The maximum Gasteiger partial charge on any atom is 0.534 e. The zero-order valence-corrected chi connectivity index (χ0v) is 16.7. The van der Waals surface area contributed by atoms with Crippen molar-refractivity contribution in [1.82, 2.24) is 10.4 Å². The van der Waals surface area contributed by atoms with Gasteiger partial charge in [0.1, 0.15) is 6.61 Å². The third-order valence-electron chi connectivity index (χ3n) is 5.38. The molecule has 10 nitrogen and oxygen atoms in total. The van der Waals surface area contributed by atoms with E-state index in [2.05, 4.69) is 22.0 Å². The first-order valence-electron chi connectivity index (χ1n) is 10.2. The molecule has 3 amide bonds. The summed E-state index contributed by atoms with van der Waals surface area (Å²) < 4.78 is 15.2. The first kappa shape index (κ1) is 21.9. The van der Waals surface area contributed by atoms with Gasteiger partial charge in [-0.1, -0.05) is 5.06 Å². The van der Waals surface area contributed by atoms with Crippen molar-refractivity contribution in [1.29, 1.82) is 0 Å². The molecule has 3 atom stereocenters. The molecule has 1 unspecified atom stereocenters. The van der Waals surface area contributed by atoms with Crippen molar-refractivity contribution < 1.29 is 38.2 Å². The van der Waals surface area contributed by atoms with E-state index in [1.165, 1.54) is 0 Å². The second kappa shape index (κ2) is 10.8. The summed E-state index contributed by atoms with van der Waals surface area (Å²) in [4.78, 5) is 50.3. The number of carbonyl (C=O) groups excluding carboxylic acids is 4.